The molecule has 1 fully saturated rings. The number of hydrogen-bond donors (Lipinski definition) is 1. The molecular formula is C22H30N4O2. The van der Waals surface area contributed by atoms with Gasteiger partial charge >= 0.3 is 0 Å². The number of nitrogens with zero attached hydrogens (tertiary/aromatic N) is 3. The van der Waals surface area contributed by atoms with Crippen LogP contribution in [0.3, 0.4) is 0 Å². The first kappa shape index (κ1) is 20.3. The molecule has 150 valence electrons. The molecule has 1 N–H and O–H groups in total. The average Bonchev–Trinajstić information content (AvgIpc) is 2.69. The molecule has 0 unspecified atom stereocenters. The fraction of sp³-hybridized carbons (Fsp3) is 0.455. The van der Waals surface area contributed by atoms with Crippen molar-refractivity contribution in [2.75, 3.05) is 45.9 Å². The number of piperazine rings is 1. The molecule has 1 aliphatic rings. The van der Waals surface area contributed by atoms with E-state index >= 15 is 0 Å². The van der Waals surface area contributed by atoms with Crippen molar-refractivity contribution in [2.45, 2.75) is 20.4 Å². The number of carbonyl (C=O) groups is 1. The molecule has 2 aromatic rings. The van der Waals surface area contributed by atoms with Gasteiger partial charge in [-0.15, -0.1) is 0 Å². The van der Waals surface area contributed by atoms with Crippen molar-refractivity contribution >= 4 is 5.91 Å². The van der Waals surface area contributed by atoms with E-state index in [-0.39, 0.29) is 5.91 Å². The lowest BCUT2D eigenvalue weighted by atomic mass is 10.1. The van der Waals surface area contributed by atoms with Crippen molar-refractivity contribution < 1.29 is 9.53 Å². The van der Waals surface area contributed by atoms with Gasteiger partial charge in [0, 0.05) is 38.9 Å². The third kappa shape index (κ3) is 6.04. The molecule has 1 saturated heterocycles. The summed E-state index contributed by atoms with van der Waals surface area (Å²) >= 11 is 0. The molecule has 0 spiro atoms. The van der Waals surface area contributed by atoms with Gasteiger partial charge in [-0.3, -0.25) is 19.6 Å². The van der Waals surface area contributed by atoms with Crippen LogP contribution in [-0.4, -0.2) is 66.6 Å². The van der Waals surface area contributed by atoms with Crippen LogP contribution >= 0.6 is 0 Å². The first-order valence-corrected chi connectivity index (χ1v) is 9.92. The van der Waals surface area contributed by atoms with Crippen LogP contribution in [0.5, 0.6) is 5.75 Å². The predicted octanol–water partition coefficient (Wildman–Crippen LogP) is 2.01. The van der Waals surface area contributed by atoms with E-state index in [1.807, 2.05) is 50.4 Å². The number of rotatable bonds is 8. The Bertz CT molecular complexity index is 738. The minimum Gasteiger partial charge on any atom is -0.491 e. The Morgan fingerprint density at radius 2 is 1.75 bits per heavy atom. The second-order valence-corrected chi connectivity index (χ2v) is 7.29. The number of nitrogens with one attached hydrogen (secondary N) is 1. The van der Waals surface area contributed by atoms with Crippen molar-refractivity contribution in [1.82, 2.24) is 20.1 Å². The Labute approximate surface area is 167 Å². The van der Waals surface area contributed by atoms with Crippen LogP contribution in [0, 0.1) is 13.8 Å². The number of aromatic nitrogens is 1. The molecule has 6 heteroatoms. The van der Waals surface area contributed by atoms with Gasteiger partial charge < -0.3 is 10.1 Å². The molecule has 0 saturated carbocycles. The molecule has 0 radical (unpaired) electrons. The quantitative estimate of drug-likeness (QED) is 0.708. The summed E-state index contributed by atoms with van der Waals surface area (Å²) in [6.07, 6.45) is 1.83. The van der Waals surface area contributed by atoms with E-state index in [4.69, 9.17) is 4.74 Å². The van der Waals surface area contributed by atoms with Gasteiger partial charge in [0.2, 0.25) is 5.91 Å². The van der Waals surface area contributed by atoms with Gasteiger partial charge in [-0.25, -0.2) is 0 Å². The lowest BCUT2D eigenvalue weighted by Gasteiger charge is -2.34. The zero-order chi connectivity index (χ0) is 19.8. The molecule has 1 amide bonds. The Hall–Kier alpha value is -2.44. The second kappa shape index (κ2) is 10.2. The van der Waals surface area contributed by atoms with Crippen molar-refractivity contribution in [3.63, 3.8) is 0 Å². The van der Waals surface area contributed by atoms with E-state index in [1.165, 1.54) is 0 Å². The van der Waals surface area contributed by atoms with Crippen molar-refractivity contribution in [3.8, 4) is 5.75 Å². The highest BCUT2D eigenvalue weighted by Gasteiger charge is 2.19. The van der Waals surface area contributed by atoms with Crippen molar-refractivity contribution in [2.24, 2.45) is 0 Å². The highest BCUT2D eigenvalue weighted by atomic mass is 16.5. The fourth-order valence-corrected chi connectivity index (χ4v) is 3.46. The Balaban J connectivity index is 1.31. The number of para-hydroxylation sites is 1. The lowest BCUT2D eigenvalue weighted by Crippen LogP contribution is -2.49. The maximum atomic E-state index is 12.2. The van der Waals surface area contributed by atoms with Crippen molar-refractivity contribution in [3.05, 3.63) is 59.4 Å². The first-order valence-electron chi connectivity index (χ1n) is 9.92. The van der Waals surface area contributed by atoms with Crippen LogP contribution < -0.4 is 10.1 Å². The Morgan fingerprint density at radius 1 is 1.04 bits per heavy atom. The number of benzene rings is 1. The standard InChI is InChI=1S/C22H30N4O2/c1-18-6-5-7-19(2)22(18)28-15-10-24-21(27)17-26-13-11-25(12-14-26)16-20-8-3-4-9-23-20/h3-9H,10-17H2,1-2H3,(H,24,27). The molecule has 1 aliphatic heterocycles. The summed E-state index contributed by atoms with van der Waals surface area (Å²) in [5.74, 6) is 0.976. The number of amides is 1. The van der Waals surface area contributed by atoms with Gasteiger partial charge in [-0.05, 0) is 37.1 Å². The SMILES string of the molecule is Cc1cccc(C)c1OCCNC(=O)CN1CCN(Cc2ccccn2)CC1. The first-order chi connectivity index (χ1) is 13.6. The van der Waals surface area contributed by atoms with Crippen LogP contribution in [0.25, 0.3) is 0 Å². The molecule has 3 rings (SSSR count). The molecule has 0 aliphatic carbocycles. The van der Waals surface area contributed by atoms with E-state index in [2.05, 4.69) is 26.2 Å². The third-order valence-electron chi connectivity index (χ3n) is 5.02. The van der Waals surface area contributed by atoms with Crippen molar-refractivity contribution in [1.29, 1.82) is 0 Å². The van der Waals surface area contributed by atoms with Gasteiger partial charge in [-0.2, -0.15) is 0 Å². The summed E-state index contributed by atoms with van der Waals surface area (Å²) in [4.78, 5) is 21.2. The molecule has 28 heavy (non-hydrogen) atoms. The highest BCUT2D eigenvalue weighted by molar-refractivity contribution is 5.78. The maximum absolute atomic E-state index is 12.2. The molecule has 1 aromatic carbocycles. The molecular weight excluding hydrogens is 352 g/mol. The van der Waals surface area contributed by atoms with E-state index in [9.17, 15) is 4.79 Å². The topological polar surface area (TPSA) is 57.7 Å². The van der Waals surface area contributed by atoms with E-state index in [1.54, 1.807) is 0 Å². The summed E-state index contributed by atoms with van der Waals surface area (Å²) in [5.41, 5.74) is 3.34. The minimum absolute atomic E-state index is 0.0586. The Kier molecular flexibility index (Phi) is 7.39. The summed E-state index contributed by atoms with van der Waals surface area (Å²) in [5, 5.41) is 2.96. The maximum Gasteiger partial charge on any atom is 0.234 e. The summed E-state index contributed by atoms with van der Waals surface area (Å²) in [6, 6.07) is 12.1. The number of ether oxygens (including phenoxy) is 1. The largest absolute Gasteiger partial charge is 0.491 e. The van der Waals surface area contributed by atoms with Crippen LogP contribution in [0.4, 0.5) is 0 Å². The number of pyridine rings is 1. The zero-order valence-electron chi connectivity index (χ0n) is 16.9. The van der Waals surface area contributed by atoms with Gasteiger partial charge in [0.05, 0.1) is 18.8 Å². The van der Waals surface area contributed by atoms with Crippen LogP contribution in [0.2, 0.25) is 0 Å². The van der Waals surface area contributed by atoms with Gasteiger partial charge in [0.25, 0.3) is 0 Å². The fourth-order valence-electron chi connectivity index (χ4n) is 3.46. The van der Waals surface area contributed by atoms with Crippen LogP contribution in [0.15, 0.2) is 42.6 Å². The van der Waals surface area contributed by atoms with Crippen LogP contribution in [0.1, 0.15) is 16.8 Å². The monoisotopic (exact) mass is 382 g/mol. The van der Waals surface area contributed by atoms with Crippen LogP contribution in [-0.2, 0) is 11.3 Å². The summed E-state index contributed by atoms with van der Waals surface area (Å²) < 4.78 is 5.84. The predicted molar refractivity (Wildman–Crippen MR) is 110 cm³/mol. The number of carbonyl (C=O) groups excluding carboxylic acids is 1. The van der Waals surface area contributed by atoms with E-state index in [0.717, 1.165) is 55.3 Å². The van der Waals surface area contributed by atoms with Gasteiger partial charge in [-0.1, -0.05) is 24.3 Å². The Morgan fingerprint density at radius 3 is 2.43 bits per heavy atom. The second-order valence-electron chi connectivity index (χ2n) is 7.29. The zero-order valence-corrected chi connectivity index (χ0v) is 16.9. The summed E-state index contributed by atoms with van der Waals surface area (Å²) in [6.45, 7) is 10.1. The number of hydrogen-bond acceptors (Lipinski definition) is 5. The molecule has 0 bridgehead atoms. The minimum atomic E-state index is 0.0586. The molecule has 2 heterocycles. The molecule has 1 aromatic heterocycles. The third-order valence-corrected chi connectivity index (χ3v) is 5.02. The molecule has 6 nitrogen and oxygen atoms in total. The average molecular weight is 383 g/mol. The smallest absolute Gasteiger partial charge is 0.234 e. The van der Waals surface area contributed by atoms with E-state index in [0.29, 0.717) is 19.7 Å². The van der Waals surface area contributed by atoms with Gasteiger partial charge in [0.15, 0.2) is 0 Å². The lowest BCUT2D eigenvalue weighted by molar-refractivity contribution is -0.122. The number of aryl methyl sites for hydroxylation is 2. The molecule has 0 atom stereocenters. The normalized spacial score (nSPS) is 15.4. The van der Waals surface area contributed by atoms with Gasteiger partial charge in [0.1, 0.15) is 12.4 Å². The van der Waals surface area contributed by atoms with E-state index < -0.39 is 0 Å². The summed E-state index contributed by atoms with van der Waals surface area (Å²) in [7, 11) is 0. The highest BCUT2D eigenvalue weighted by Crippen LogP contribution is 2.21.